The maximum absolute atomic E-state index is 13.0. The molecule has 138 valence electrons. The Morgan fingerprint density at radius 2 is 2.04 bits per heavy atom. The first-order valence-electron chi connectivity index (χ1n) is 9.07. The summed E-state index contributed by atoms with van der Waals surface area (Å²) in [5.74, 6) is 0.0473. The van der Waals surface area contributed by atoms with Crippen LogP contribution in [0, 0.1) is 0 Å². The lowest BCUT2D eigenvalue weighted by molar-refractivity contribution is -0.117. The molecule has 2 aromatic carbocycles. The second kappa shape index (κ2) is 7.12. The predicted octanol–water partition coefficient (Wildman–Crippen LogP) is 4.26. The summed E-state index contributed by atoms with van der Waals surface area (Å²) in [4.78, 5) is 33.2. The van der Waals surface area contributed by atoms with Crippen molar-refractivity contribution in [3.8, 4) is 0 Å². The van der Waals surface area contributed by atoms with Crippen LogP contribution in [0.5, 0.6) is 0 Å². The number of hydrogen-bond donors (Lipinski definition) is 0. The Morgan fingerprint density at radius 1 is 1.22 bits per heavy atom. The summed E-state index contributed by atoms with van der Waals surface area (Å²) in [6.07, 6.45) is 1.44. The first kappa shape index (κ1) is 17.7. The summed E-state index contributed by atoms with van der Waals surface area (Å²) in [6, 6.07) is 15.2. The fraction of sp³-hybridized carbons (Fsp3) is 0.286. The topological polar surface area (TPSA) is 53.5 Å². The van der Waals surface area contributed by atoms with E-state index in [0.717, 1.165) is 27.3 Å². The summed E-state index contributed by atoms with van der Waals surface area (Å²) in [5, 5.41) is 0.915. The molecule has 0 N–H and O–H groups in total. The van der Waals surface area contributed by atoms with E-state index >= 15 is 0 Å². The maximum Gasteiger partial charge on any atom is 0.254 e. The van der Waals surface area contributed by atoms with Gasteiger partial charge in [-0.05, 0) is 43.7 Å². The first-order chi connectivity index (χ1) is 13.0. The van der Waals surface area contributed by atoms with Crippen LogP contribution >= 0.6 is 11.3 Å². The summed E-state index contributed by atoms with van der Waals surface area (Å²) in [6.45, 7) is 2.71. The fourth-order valence-corrected chi connectivity index (χ4v) is 4.40. The van der Waals surface area contributed by atoms with Gasteiger partial charge in [-0.15, -0.1) is 11.3 Å². The summed E-state index contributed by atoms with van der Waals surface area (Å²) in [5.41, 5.74) is 2.34. The molecule has 5 nitrogen and oxygen atoms in total. The van der Waals surface area contributed by atoms with Crippen LogP contribution in [0.25, 0.3) is 10.2 Å². The Bertz CT molecular complexity index is 980. The van der Waals surface area contributed by atoms with Crippen LogP contribution in [0.4, 0.5) is 5.69 Å². The van der Waals surface area contributed by atoms with Crippen LogP contribution in [0.2, 0.25) is 0 Å². The van der Waals surface area contributed by atoms with Crippen LogP contribution in [-0.4, -0.2) is 35.3 Å². The van der Waals surface area contributed by atoms with Crippen molar-refractivity contribution in [2.45, 2.75) is 25.8 Å². The van der Waals surface area contributed by atoms with E-state index < -0.39 is 0 Å². The van der Waals surface area contributed by atoms with Gasteiger partial charge in [-0.1, -0.05) is 18.2 Å². The predicted molar refractivity (Wildman–Crippen MR) is 108 cm³/mol. The SMILES string of the molecule is C[C@@H](c1nc2ccccc2s1)N(C)C(=O)c1cccc(N2CCCC2=O)c1. The number of aromatic nitrogens is 1. The molecule has 3 aromatic rings. The Kier molecular flexibility index (Phi) is 4.66. The summed E-state index contributed by atoms with van der Waals surface area (Å²) < 4.78 is 1.12. The minimum absolute atomic E-state index is 0.0738. The number of fused-ring (bicyclic) bond motifs is 1. The van der Waals surface area contributed by atoms with E-state index in [4.69, 9.17) is 0 Å². The van der Waals surface area contributed by atoms with Crippen LogP contribution < -0.4 is 4.90 Å². The van der Waals surface area contributed by atoms with Crippen LogP contribution in [0.15, 0.2) is 48.5 Å². The third-order valence-corrected chi connectivity index (χ3v) is 6.25. The quantitative estimate of drug-likeness (QED) is 0.681. The molecule has 1 aromatic heterocycles. The van der Waals surface area contributed by atoms with Crippen LogP contribution in [-0.2, 0) is 4.79 Å². The van der Waals surface area contributed by atoms with E-state index in [-0.39, 0.29) is 17.9 Å². The van der Waals surface area contributed by atoms with E-state index in [1.807, 2.05) is 49.4 Å². The number of carbonyl (C=O) groups excluding carboxylic acids is 2. The van der Waals surface area contributed by atoms with Crippen molar-refractivity contribution in [2.75, 3.05) is 18.5 Å². The lowest BCUT2D eigenvalue weighted by atomic mass is 10.1. The van der Waals surface area contributed by atoms with Gasteiger partial charge in [-0.25, -0.2) is 4.98 Å². The first-order valence-corrected chi connectivity index (χ1v) is 9.89. The number of amides is 2. The molecule has 0 aliphatic carbocycles. The van der Waals surface area contributed by atoms with Crippen molar-refractivity contribution < 1.29 is 9.59 Å². The molecule has 0 bridgehead atoms. The Morgan fingerprint density at radius 3 is 2.78 bits per heavy atom. The van der Waals surface area contributed by atoms with Gasteiger partial charge in [-0.2, -0.15) is 0 Å². The minimum atomic E-state index is -0.132. The van der Waals surface area contributed by atoms with Gasteiger partial charge in [0.2, 0.25) is 5.91 Å². The molecular formula is C21H21N3O2S. The van der Waals surface area contributed by atoms with E-state index in [1.165, 1.54) is 0 Å². The minimum Gasteiger partial charge on any atom is -0.333 e. The third kappa shape index (κ3) is 3.32. The molecule has 6 heteroatoms. The smallest absolute Gasteiger partial charge is 0.254 e. The number of para-hydroxylation sites is 1. The van der Waals surface area contributed by atoms with Gasteiger partial charge in [0.25, 0.3) is 5.91 Å². The number of hydrogen-bond acceptors (Lipinski definition) is 4. The van der Waals surface area contributed by atoms with Crippen molar-refractivity contribution in [3.05, 3.63) is 59.1 Å². The van der Waals surface area contributed by atoms with E-state index in [0.29, 0.717) is 18.5 Å². The zero-order valence-corrected chi connectivity index (χ0v) is 16.2. The average Bonchev–Trinajstić information content (AvgIpc) is 3.32. The van der Waals surface area contributed by atoms with Gasteiger partial charge < -0.3 is 9.80 Å². The summed E-state index contributed by atoms with van der Waals surface area (Å²) in [7, 11) is 1.80. The largest absolute Gasteiger partial charge is 0.333 e. The number of anilines is 1. The molecule has 0 unspecified atom stereocenters. The van der Waals surface area contributed by atoms with Gasteiger partial charge >= 0.3 is 0 Å². The molecule has 0 radical (unpaired) electrons. The van der Waals surface area contributed by atoms with Crippen LogP contribution in [0.3, 0.4) is 0 Å². The second-order valence-corrected chi connectivity index (χ2v) is 7.87. The van der Waals surface area contributed by atoms with E-state index in [2.05, 4.69) is 4.98 Å². The number of benzene rings is 2. The molecule has 0 spiro atoms. The average molecular weight is 379 g/mol. The standard InChI is InChI=1S/C21H21N3O2S/c1-14(20-22-17-9-3-4-10-18(17)27-20)23(2)21(26)15-7-5-8-16(13-15)24-12-6-11-19(24)25/h3-5,7-10,13-14H,6,11-12H2,1-2H3/t14-/m0/s1. The molecule has 27 heavy (non-hydrogen) atoms. The highest BCUT2D eigenvalue weighted by Gasteiger charge is 2.25. The van der Waals surface area contributed by atoms with Gasteiger partial charge in [0, 0.05) is 31.3 Å². The normalized spacial score (nSPS) is 15.3. The third-order valence-electron chi connectivity index (χ3n) is 5.05. The van der Waals surface area contributed by atoms with Gasteiger partial charge in [0.1, 0.15) is 5.01 Å². The van der Waals surface area contributed by atoms with Crippen molar-refractivity contribution in [2.24, 2.45) is 0 Å². The highest BCUT2D eigenvalue weighted by atomic mass is 32.1. The molecule has 1 atom stereocenters. The number of thiazole rings is 1. The molecule has 1 aliphatic heterocycles. The van der Waals surface area contributed by atoms with Crippen molar-refractivity contribution in [1.82, 2.24) is 9.88 Å². The Hall–Kier alpha value is -2.73. The molecule has 1 fully saturated rings. The fourth-order valence-electron chi connectivity index (χ4n) is 3.34. The number of carbonyl (C=O) groups is 2. The number of rotatable bonds is 4. The Labute approximate surface area is 162 Å². The molecule has 1 saturated heterocycles. The highest BCUT2D eigenvalue weighted by Crippen LogP contribution is 2.30. The van der Waals surface area contributed by atoms with Crippen molar-refractivity contribution >= 4 is 39.1 Å². The lowest BCUT2D eigenvalue weighted by Crippen LogP contribution is -2.30. The van der Waals surface area contributed by atoms with E-state index in [9.17, 15) is 9.59 Å². The Balaban J connectivity index is 1.57. The zero-order chi connectivity index (χ0) is 19.0. The number of nitrogens with zero attached hydrogens (tertiary/aromatic N) is 3. The molecular weight excluding hydrogens is 358 g/mol. The second-order valence-electron chi connectivity index (χ2n) is 6.81. The lowest BCUT2D eigenvalue weighted by Gasteiger charge is -2.24. The molecule has 2 amide bonds. The van der Waals surface area contributed by atoms with Gasteiger partial charge in [0.15, 0.2) is 0 Å². The maximum atomic E-state index is 13.0. The molecule has 1 aliphatic rings. The van der Waals surface area contributed by atoms with Crippen LogP contribution in [0.1, 0.15) is 41.2 Å². The zero-order valence-electron chi connectivity index (χ0n) is 15.4. The van der Waals surface area contributed by atoms with Crippen molar-refractivity contribution in [1.29, 1.82) is 0 Å². The molecule has 4 rings (SSSR count). The molecule has 0 saturated carbocycles. The summed E-state index contributed by atoms with van der Waals surface area (Å²) >= 11 is 1.61. The van der Waals surface area contributed by atoms with E-state index in [1.54, 1.807) is 34.3 Å². The van der Waals surface area contributed by atoms with Gasteiger partial charge in [0.05, 0.1) is 16.3 Å². The monoisotopic (exact) mass is 379 g/mol. The molecule has 2 heterocycles. The highest BCUT2D eigenvalue weighted by molar-refractivity contribution is 7.18. The van der Waals surface area contributed by atoms with Crippen molar-refractivity contribution in [3.63, 3.8) is 0 Å². The van der Waals surface area contributed by atoms with Gasteiger partial charge in [-0.3, -0.25) is 9.59 Å².